The van der Waals surface area contributed by atoms with E-state index in [2.05, 4.69) is 63.2 Å². The van der Waals surface area contributed by atoms with Crippen molar-refractivity contribution >= 4 is 22.0 Å². The van der Waals surface area contributed by atoms with Crippen LogP contribution in [0.1, 0.15) is 30.5 Å². The minimum absolute atomic E-state index is 0.458. The third-order valence-corrected chi connectivity index (χ3v) is 4.00. The van der Waals surface area contributed by atoms with Crippen molar-refractivity contribution in [2.45, 2.75) is 30.6 Å². The van der Waals surface area contributed by atoms with Crippen molar-refractivity contribution in [1.29, 1.82) is 0 Å². The first-order chi connectivity index (χ1) is 9.19. The lowest BCUT2D eigenvalue weighted by molar-refractivity contribution is 0.498. The fourth-order valence-electron chi connectivity index (χ4n) is 2.15. The lowest BCUT2D eigenvalue weighted by atomic mass is 10.0. The van der Waals surface area contributed by atoms with Gasteiger partial charge in [-0.3, -0.25) is 0 Å². The summed E-state index contributed by atoms with van der Waals surface area (Å²) in [6.45, 7) is 5.99. The van der Waals surface area contributed by atoms with Crippen molar-refractivity contribution in [3.05, 3.63) is 60.7 Å². The number of hydrogen-bond donors (Lipinski definition) is 0. The number of halogens is 1. The van der Waals surface area contributed by atoms with Crippen LogP contribution in [0.2, 0.25) is 0 Å². The van der Waals surface area contributed by atoms with Gasteiger partial charge in [-0.25, -0.2) is 4.98 Å². The molecular weight excluding hydrogens is 300 g/mol. The number of imidazole rings is 1. The molecule has 0 amide bonds. The van der Waals surface area contributed by atoms with Crippen molar-refractivity contribution in [2.75, 3.05) is 0 Å². The molecule has 0 saturated heterocycles. The Morgan fingerprint density at radius 1 is 1.37 bits per heavy atom. The number of aromatic nitrogens is 2. The van der Waals surface area contributed by atoms with Crippen LogP contribution in [0.15, 0.2) is 49.6 Å². The van der Waals surface area contributed by atoms with Gasteiger partial charge in [-0.2, -0.15) is 0 Å². The van der Waals surface area contributed by atoms with Gasteiger partial charge >= 0.3 is 0 Å². The zero-order chi connectivity index (χ0) is 13.7. The van der Waals surface area contributed by atoms with Crippen molar-refractivity contribution in [3.63, 3.8) is 0 Å². The molecule has 2 nitrogen and oxygen atoms in total. The zero-order valence-corrected chi connectivity index (χ0v) is 12.8. The number of nitrogens with zero attached hydrogens (tertiary/aromatic N) is 2. The highest BCUT2D eigenvalue weighted by Crippen LogP contribution is 2.21. The standard InChI is InChI=1S/C16H19BrN2/c1-3-14-4-6-15(7-5-14)11-16(17)10-13(2)19-9-8-18-12-19/h3-9,12-13,16H,1,10-11H2,2H3. The van der Waals surface area contributed by atoms with E-state index in [1.807, 2.05) is 24.8 Å². The highest BCUT2D eigenvalue weighted by molar-refractivity contribution is 9.09. The second-order valence-corrected chi connectivity index (χ2v) is 6.14. The normalized spacial score (nSPS) is 14.0. The minimum atomic E-state index is 0.458. The summed E-state index contributed by atoms with van der Waals surface area (Å²) in [6.07, 6.45) is 9.72. The van der Waals surface area contributed by atoms with Crippen LogP contribution < -0.4 is 0 Å². The van der Waals surface area contributed by atoms with Gasteiger partial charge < -0.3 is 4.57 Å². The molecule has 0 spiro atoms. The van der Waals surface area contributed by atoms with E-state index in [9.17, 15) is 0 Å². The van der Waals surface area contributed by atoms with Gasteiger partial charge in [-0.1, -0.05) is 52.9 Å². The Morgan fingerprint density at radius 3 is 2.68 bits per heavy atom. The van der Waals surface area contributed by atoms with Crippen LogP contribution in [0.3, 0.4) is 0 Å². The fraction of sp³-hybridized carbons (Fsp3) is 0.312. The molecule has 1 aromatic heterocycles. The number of alkyl halides is 1. The Labute approximate surface area is 123 Å². The van der Waals surface area contributed by atoms with Gasteiger partial charge in [0.2, 0.25) is 0 Å². The van der Waals surface area contributed by atoms with Crippen molar-refractivity contribution < 1.29 is 0 Å². The molecule has 2 aromatic rings. The van der Waals surface area contributed by atoms with Gasteiger partial charge in [-0.05, 0) is 30.9 Å². The van der Waals surface area contributed by atoms with Crippen LogP contribution in [0, 0.1) is 0 Å². The molecule has 0 aliphatic rings. The van der Waals surface area contributed by atoms with Gasteiger partial charge in [0.15, 0.2) is 0 Å². The smallest absolute Gasteiger partial charge is 0.0948 e. The van der Waals surface area contributed by atoms with E-state index in [1.54, 1.807) is 0 Å². The molecule has 0 saturated carbocycles. The molecule has 0 fully saturated rings. The largest absolute Gasteiger partial charge is 0.335 e. The maximum Gasteiger partial charge on any atom is 0.0948 e. The van der Waals surface area contributed by atoms with Gasteiger partial charge in [0, 0.05) is 23.3 Å². The second-order valence-electron chi connectivity index (χ2n) is 4.84. The summed E-state index contributed by atoms with van der Waals surface area (Å²) in [4.78, 5) is 4.56. The summed E-state index contributed by atoms with van der Waals surface area (Å²) in [6, 6.07) is 9.03. The molecule has 0 aliphatic carbocycles. The van der Waals surface area contributed by atoms with Crippen LogP contribution in [0.5, 0.6) is 0 Å². The Balaban J connectivity index is 1.89. The van der Waals surface area contributed by atoms with Gasteiger partial charge in [-0.15, -0.1) is 0 Å². The Morgan fingerprint density at radius 2 is 2.11 bits per heavy atom. The average Bonchev–Trinajstić information content (AvgIpc) is 2.93. The fourth-order valence-corrected chi connectivity index (χ4v) is 3.07. The highest BCUT2D eigenvalue weighted by atomic mass is 79.9. The second kappa shape index (κ2) is 6.71. The predicted octanol–water partition coefficient (Wildman–Crippen LogP) is 4.48. The molecule has 0 aliphatic heterocycles. The van der Waals surface area contributed by atoms with Crippen LogP contribution in [-0.2, 0) is 6.42 Å². The molecular formula is C16H19BrN2. The molecule has 0 N–H and O–H groups in total. The van der Waals surface area contributed by atoms with E-state index in [0.29, 0.717) is 10.9 Å². The first kappa shape index (κ1) is 14.1. The lowest BCUT2D eigenvalue weighted by Crippen LogP contribution is -2.11. The SMILES string of the molecule is C=Cc1ccc(CC(Br)CC(C)n2ccnc2)cc1. The summed E-state index contributed by atoms with van der Waals surface area (Å²) >= 11 is 3.78. The lowest BCUT2D eigenvalue weighted by Gasteiger charge is -2.17. The summed E-state index contributed by atoms with van der Waals surface area (Å²) in [5.41, 5.74) is 2.52. The third kappa shape index (κ3) is 4.06. The maximum atomic E-state index is 4.09. The molecule has 2 atom stereocenters. The number of benzene rings is 1. The third-order valence-electron chi connectivity index (χ3n) is 3.30. The van der Waals surface area contributed by atoms with E-state index in [1.165, 1.54) is 11.1 Å². The number of hydrogen-bond acceptors (Lipinski definition) is 1. The highest BCUT2D eigenvalue weighted by Gasteiger charge is 2.12. The van der Waals surface area contributed by atoms with E-state index in [-0.39, 0.29) is 0 Å². The first-order valence-electron chi connectivity index (χ1n) is 6.52. The van der Waals surface area contributed by atoms with Gasteiger partial charge in [0.05, 0.1) is 6.33 Å². The molecule has 1 heterocycles. The molecule has 1 aromatic carbocycles. The Hall–Kier alpha value is -1.35. The van der Waals surface area contributed by atoms with E-state index in [0.717, 1.165) is 12.8 Å². The molecule has 0 radical (unpaired) electrons. The summed E-state index contributed by atoms with van der Waals surface area (Å²) in [5.74, 6) is 0. The van der Waals surface area contributed by atoms with Crippen LogP contribution >= 0.6 is 15.9 Å². The van der Waals surface area contributed by atoms with Crippen molar-refractivity contribution in [2.24, 2.45) is 0 Å². The molecule has 2 unspecified atom stereocenters. The Kier molecular flexibility index (Phi) is 4.97. The minimum Gasteiger partial charge on any atom is -0.335 e. The topological polar surface area (TPSA) is 17.8 Å². The van der Waals surface area contributed by atoms with E-state index in [4.69, 9.17) is 0 Å². The summed E-state index contributed by atoms with van der Waals surface area (Å²) in [5, 5.41) is 0. The van der Waals surface area contributed by atoms with Gasteiger partial charge in [0.1, 0.15) is 0 Å². The quantitative estimate of drug-likeness (QED) is 0.718. The summed E-state index contributed by atoms with van der Waals surface area (Å²) < 4.78 is 2.15. The Bertz CT molecular complexity index is 502. The first-order valence-corrected chi connectivity index (χ1v) is 7.43. The van der Waals surface area contributed by atoms with Crippen molar-refractivity contribution in [3.8, 4) is 0 Å². The van der Waals surface area contributed by atoms with Crippen LogP contribution in [-0.4, -0.2) is 14.4 Å². The average molecular weight is 319 g/mol. The number of rotatable bonds is 6. The predicted molar refractivity (Wildman–Crippen MR) is 84.5 cm³/mol. The monoisotopic (exact) mass is 318 g/mol. The molecule has 100 valence electrons. The summed E-state index contributed by atoms with van der Waals surface area (Å²) in [7, 11) is 0. The molecule has 19 heavy (non-hydrogen) atoms. The van der Waals surface area contributed by atoms with Gasteiger partial charge in [0.25, 0.3) is 0 Å². The molecule has 2 rings (SSSR count). The van der Waals surface area contributed by atoms with E-state index >= 15 is 0 Å². The van der Waals surface area contributed by atoms with Crippen LogP contribution in [0.4, 0.5) is 0 Å². The van der Waals surface area contributed by atoms with Crippen molar-refractivity contribution in [1.82, 2.24) is 9.55 Å². The molecule has 3 heteroatoms. The van der Waals surface area contributed by atoms with E-state index < -0.39 is 0 Å². The molecule has 0 bridgehead atoms. The zero-order valence-electron chi connectivity index (χ0n) is 11.2. The maximum absolute atomic E-state index is 4.09. The van der Waals surface area contributed by atoms with Crippen LogP contribution in [0.25, 0.3) is 6.08 Å².